The molecule has 0 saturated carbocycles. The number of benzene rings is 1. The van der Waals surface area contributed by atoms with Gasteiger partial charge in [-0.15, -0.1) is 0 Å². The average molecular weight is 258 g/mol. The predicted octanol–water partition coefficient (Wildman–Crippen LogP) is 1.45. The van der Waals surface area contributed by atoms with Gasteiger partial charge in [-0.05, 0) is 18.6 Å². The number of esters is 1. The van der Waals surface area contributed by atoms with Gasteiger partial charge < -0.3 is 9.64 Å². The van der Waals surface area contributed by atoms with Crippen LogP contribution in [0.1, 0.15) is 18.4 Å². The summed E-state index contributed by atoms with van der Waals surface area (Å²) in [5.74, 6) is -2.77. The molecule has 1 aliphatic heterocycles. The molecule has 1 aromatic rings. The second-order valence-corrected chi connectivity index (χ2v) is 4.29. The van der Waals surface area contributed by atoms with Crippen molar-refractivity contribution in [3.8, 4) is 6.07 Å². The Morgan fingerprint density at radius 1 is 1.53 bits per heavy atom. The van der Waals surface area contributed by atoms with Gasteiger partial charge in [0.15, 0.2) is 5.92 Å². The van der Waals surface area contributed by atoms with E-state index in [9.17, 15) is 14.9 Å². The first kappa shape index (κ1) is 13.1. The lowest BCUT2D eigenvalue weighted by Gasteiger charge is -2.15. The molecule has 0 bridgehead atoms. The Morgan fingerprint density at radius 2 is 2.21 bits per heavy atom. The first-order valence-electron chi connectivity index (χ1n) is 6.04. The van der Waals surface area contributed by atoms with Crippen LogP contribution in [0.5, 0.6) is 0 Å². The number of amides is 1. The van der Waals surface area contributed by atoms with Crippen LogP contribution in [0.2, 0.25) is 0 Å². The number of hydrogen-bond acceptors (Lipinski definition) is 4. The molecule has 1 amide bonds. The van der Waals surface area contributed by atoms with Crippen molar-refractivity contribution in [3.63, 3.8) is 0 Å². The van der Waals surface area contributed by atoms with E-state index in [1.54, 1.807) is 32.2 Å². The highest BCUT2D eigenvalue weighted by Crippen LogP contribution is 2.40. The maximum atomic E-state index is 12.2. The van der Waals surface area contributed by atoms with Gasteiger partial charge in [0.05, 0.1) is 18.6 Å². The lowest BCUT2D eigenvalue weighted by molar-refractivity contribution is -0.148. The van der Waals surface area contributed by atoms with Crippen molar-refractivity contribution in [2.45, 2.75) is 12.8 Å². The van der Waals surface area contributed by atoms with E-state index in [4.69, 9.17) is 4.74 Å². The van der Waals surface area contributed by atoms with Crippen LogP contribution >= 0.6 is 0 Å². The molecule has 0 saturated heterocycles. The number of anilines is 1. The number of hydrogen-bond donors (Lipinski definition) is 0. The van der Waals surface area contributed by atoms with Crippen LogP contribution < -0.4 is 4.90 Å². The summed E-state index contributed by atoms with van der Waals surface area (Å²) < 4.78 is 4.87. The highest BCUT2D eigenvalue weighted by molar-refractivity contribution is 6.07. The zero-order chi connectivity index (χ0) is 14.0. The summed E-state index contributed by atoms with van der Waals surface area (Å²) in [7, 11) is 1.64. The molecule has 19 heavy (non-hydrogen) atoms. The summed E-state index contributed by atoms with van der Waals surface area (Å²) in [6.45, 7) is 1.86. The maximum absolute atomic E-state index is 12.2. The highest BCUT2D eigenvalue weighted by Gasteiger charge is 2.44. The van der Waals surface area contributed by atoms with Gasteiger partial charge in [0.1, 0.15) is 0 Å². The first-order chi connectivity index (χ1) is 9.11. The molecule has 2 atom stereocenters. The zero-order valence-corrected chi connectivity index (χ0v) is 10.8. The summed E-state index contributed by atoms with van der Waals surface area (Å²) in [6, 6.07) is 9.07. The molecule has 1 aromatic carbocycles. The van der Waals surface area contributed by atoms with Gasteiger partial charge in [0.2, 0.25) is 5.91 Å². The molecule has 0 aromatic heterocycles. The molecule has 0 N–H and O–H groups in total. The molecule has 98 valence electrons. The van der Waals surface area contributed by atoms with Crippen molar-refractivity contribution in [1.29, 1.82) is 5.26 Å². The van der Waals surface area contributed by atoms with E-state index in [1.165, 1.54) is 4.90 Å². The van der Waals surface area contributed by atoms with Gasteiger partial charge in [-0.1, -0.05) is 18.2 Å². The van der Waals surface area contributed by atoms with Crippen LogP contribution in [0.4, 0.5) is 5.69 Å². The van der Waals surface area contributed by atoms with Crippen LogP contribution in [0.3, 0.4) is 0 Å². The third-order valence-corrected chi connectivity index (χ3v) is 3.24. The summed E-state index contributed by atoms with van der Waals surface area (Å²) in [5, 5.41) is 9.19. The average Bonchev–Trinajstić information content (AvgIpc) is 2.66. The Labute approximate surface area is 111 Å². The molecule has 1 heterocycles. The largest absolute Gasteiger partial charge is 0.465 e. The number of carbonyl (C=O) groups excluding carboxylic acids is 2. The normalized spacial score (nSPS) is 18.7. The van der Waals surface area contributed by atoms with Crippen molar-refractivity contribution in [1.82, 2.24) is 0 Å². The summed E-state index contributed by atoms with van der Waals surface area (Å²) in [5.41, 5.74) is 1.44. The fraction of sp³-hybridized carbons (Fsp3) is 0.357. The number of rotatable bonds is 3. The minimum Gasteiger partial charge on any atom is -0.465 e. The lowest BCUT2D eigenvalue weighted by Crippen LogP contribution is -2.31. The number of nitrogens with zero attached hydrogens (tertiary/aromatic N) is 2. The van der Waals surface area contributed by atoms with Crippen molar-refractivity contribution in [2.24, 2.45) is 5.92 Å². The summed E-state index contributed by atoms with van der Waals surface area (Å²) in [4.78, 5) is 25.5. The molecular formula is C14H14N2O3. The fourth-order valence-electron chi connectivity index (χ4n) is 2.33. The molecular weight excluding hydrogens is 244 g/mol. The second-order valence-electron chi connectivity index (χ2n) is 4.29. The molecule has 0 fully saturated rings. The lowest BCUT2D eigenvalue weighted by atomic mass is 9.88. The fourth-order valence-corrected chi connectivity index (χ4v) is 2.33. The van der Waals surface area contributed by atoms with Crippen LogP contribution in [0, 0.1) is 17.2 Å². The van der Waals surface area contributed by atoms with Gasteiger partial charge in [-0.2, -0.15) is 5.26 Å². The van der Waals surface area contributed by atoms with E-state index in [1.807, 2.05) is 12.1 Å². The number of carbonyl (C=O) groups is 2. The van der Waals surface area contributed by atoms with Crippen LogP contribution in [-0.4, -0.2) is 25.5 Å². The molecule has 2 rings (SSSR count). The van der Waals surface area contributed by atoms with E-state index >= 15 is 0 Å². The van der Waals surface area contributed by atoms with E-state index in [0.29, 0.717) is 5.56 Å². The van der Waals surface area contributed by atoms with Crippen molar-refractivity contribution >= 4 is 17.6 Å². The van der Waals surface area contributed by atoms with E-state index in [-0.39, 0.29) is 12.5 Å². The molecule has 0 spiro atoms. The van der Waals surface area contributed by atoms with E-state index in [2.05, 4.69) is 0 Å². The van der Waals surface area contributed by atoms with Crippen molar-refractivity contribution < 1.29 is 14.3 Å². The van der Waals surface area contributed by atoms with E-state index < -0.39 is 17.8 Å². The Kier molecular flexibility index (Phi) is 3.52. The number of para-hydroxylation sites is 1. The number of nitriles is 1. The highest BCUT2D eigenvalue weighted by atomic mass is 16.5. The van der Waals surface area contributed by atoms with Crippen LogP contribution in [0.15, 0.2) is 24.3 Å². The maximum Gasteiger partial charge on any atom is 0.324 e. The molecule has 0 radical (unpaired) electrons. The number of ether oxygens (including phenoxy) is 1. The second kappa shape index (κ2) is 5.11. The molecule has 0 aliphatic carbocycles. The molecule has 5 nitrogen and oxygen atoms in total. The molecule has 5 heteroatoms. The monoisotopic (exact) mass is 258 g/mol. The Morgan fingerprint density at radius 3 is 2.84 bits per heavy atom. The number of fused-ring (bicyclic) bond motifs is 1. The smallest absolute Gasteiger partial charge is 0.324 e. The Balaban J connectivity index is 2.42. The quantitative estimate of drug-likeness (QED) is 0.769. The Hall–Kier alpha value is -2.35. The van der Waals surface area contributed by atoms with E-state index in [0.717, 1.165) is 5.69 Å². The standard InChI is InChI=1S/C14H14N2O3/c1-3-19-14(18)10(8-15)12-9-6-4-5-7-11(9)16(2)13(12)17/h4-7,10,12H,3H2,1-2H3/t10-,12+/m0/s1. The summed E-state index contributed by atoms with van der Waals surface area (Å²) in [6.07, 6.45) is 0. The molecule has 0 unspecified atom stereocenters. The van der Waals surface area contributed by atoms with Gasteiger partial charge in [0, 0.05) is 12.7 Å². The van der Waals surface area contributed by atoms with Gasteiger partial charge >= 0.3 is 5.97 Å². The van der Waals surface area contributed by atoms with Crippen LogP contribution in [-0.2, 0) is 14.3 Å². The van der Waals surface area contributed by atoms with Gasteiger partial charge in [-0.25, -0.2) is 0 Å². The molecule has 1 aliphatic rings. The minimum absolute atomic E-state index is 0.190. The zero-order valence-electron chi connectivity index (χ0n) is 10.8. The summed E-state index contributed by atoms with van der Waals surface area (Å²) >= 11 is 0. The number of likely N-dealkylation sites (N-methyl/N-ethyl adjacent to an activating group) is 1. The van der Waals surface area contributed by atoms with Gasteiger partial charge in [0.25, 0.3) is 0 Å². The minimum atomic E-state index is -1.10. The SMILES string of the molecule is CCOC(=O)[C@@H](C#N)[C@@H]1C(=O)N(C)c2ccccc21. The van der Waals surface area contributed by atoms with Gasteiger partial charge in [-0.3, -0.25) is 9.59 Å². The third-order valence-electron chi connectivity index (χ3n) is 3.24. The predicted molar refractivity (Wildman–Crippen MR) is 68.3 cm³/mol. The topological polar surface area (TPSA) is 70.4 Å². The Bertz CT molecular complexity index is 562. The van der Waals surface area contributed by atoms with Crippen LogP contribution in [0.25, 0.3) is 0 Å². The van der Waals surface area contributed by atoms with Crippen molar-refractivity contribution in [3.05, 3.63) is 29.8 Å². The first-order valence-corrected chi connectivity index (χ1v) is 6.04. The van der Waals surface area contributed by atoms with Crippen molar-refractivity contribution in [2.75, 3.05) is 18.6 Å². The third kappa shape index (κ3) is 2.06.